The van der Waals surface area contributed by atoms with Gasteiger partial charge >= 0.3 is 0 Å². The number of aromatic nitrogens is 2. The molecule has 2 rings (SSSR count). The molecule has 2 unspecified atom stereocenters. The lowest BCUT2D eigenvalue weighted by Crippen LogP contribution is -2.39. The van der Waals surface area contributed by atoms with E-state index in [9.17, 15) is 8.42 Å². The highest BCUT2D eigenvalue weighted by atomic mass is 32.2. The van der Waals surface area contributed by atoms with Gasteiger partial charge in [-0.15, -0.1) is 0 Å². The van der Waals surface area contributed by atoms with Gasteiger partial charge in [0.2, 0.25) is 0 Å². The van der Waals surface area contributed by atoms with Crippen LogP contribution in [-0.4, -0.2) is 41.3 Å². The van der Waals surface area contributed by atoms with Crippen LogP contribution < -0.4 is 4.72 Å². The standard InChI is InChI=1S/C11H19N3O3S2/c1-18-10-4-2-3-9(5-10)14-19(16,17)11-8(7-15)6-12-13-11/h6,9-10,14-15H,2-5,7H2,1H3,(H,12,13). The summed E-state index contributed by atoms with van der Waals surface area (Å²) >= 11 is 1.79. The first-order valence-corrected chi connectivity index (χ1v) is 9.02. The number of aliphatic hydroxyl groups is 1. The minimum Gasteiger partial charge on any atom is -0.392 e. The normalized spacial score (nSPS) is 24.5. The fourth-order valence-electron chi connectivity index (χ4n) is 2.39. The van der Waals surface area contributed by atoms with Crippen molar-refractivity contribution in [1.29, 1.82) is 0 Å². The quantitative estimate of drug-likeness (QED) is 0.750. The first kappa shape index (κ1) is 14.8. The van der Waals surface area contributed by atoms with E-state index in [0.29, 0.717) is 10.8 Å². The van der Waals surface area contributed by atoms with Gasteiger partial charge in [-0.2, -0.15) is 16.9 Å². The van der Waals surface area contributed by atoms with Crippen molar-refractivity contribution in [2.45, 2.75) is 48.6 Å². The van der Waals surface area contributed by atoms with Crippen LogP contribution in [-0.2, 0) is 16.6 Å². The van der Waals surface area contributed by atoms with Crippen LogP contribution in [0.5, 0.6) is 0 Å². The summed E-state index contributed by atoms with van der Waals surface area (Å²) in [6, 6.07) is -0.0361. The third-order valence-corrected chi connectivity index (χ3v) is 6.03. The van der Waals surface area contributed by atoms with Crippen molar-refractivity contribution >= 4 is 21.8 Å². The minimum absolute atomic E-state index is 0.0266. The molecule has 0 aliphatic heterocycles. The predicted octanol–water partition coefficient (Wildman–Crippen LogP) is 0.855. The first-order chi connectivity index (χ1) is 9.06. The molecule has 1 aliphatic rings. The van der Waals surface area contributed by atoms with Crippen LogP contribution >= 0.6 is 11.8 Å². The smallest absolute Gasteiger partial charge is 0.258 e. The fourth-order valence-corrected chi connectivity index (χ4v) is 4.62. The summed E-state index contributed by atoms with van der Waals surface area (Å²) in [6.07, 6.45) is 7.28. The van der Waals surface area contributed by atoms with Crippen LogP contribution in [0.2, 0.25) is 0 Å². The van der Waals surface area contributed by atoms with Gasteiger partial charge in [-0.3, -0.25) is 5.10 Å². The van der Waals surface area contributed by atoms with Crippen LogP contribution in [0.1, 0.15) is 31.2 Å². The molecular formula is C11H19N3O3S2. The van der Waals surface area contributed by atoms with Gasteiger partial charge in [0.1, 0.15) is 0 Å². The number of hydrogen-bond donors (Lipinski definition) is 3. The largest absolute Gasteiger partial charge is 0.392 e. The molecule has 1 fully saturated rings. The van der Waals surface area contributed by atoms with Crippen molar-refractivity contribution in [3.63, 3.8) is 0 Å². The number of sulfonamides is 1. The maximum Gasteiger partial charge on any atom is 0.258 e. The molecule has 0 bridgehead atoms. The zero-order valence-electron chi connectivity index (χ0n) is 10.8. The van der Waals surface area contributed by atoms with Crippen molar-refractivity contribution in [3.05, 3.63) is 11.8 Å². The SMILES string of the molecule is CSC1CCCC(NS(=O)(=O)c2[nH]ncc2CO)C1. The molecule has 0 aromatic carbocycles. The number of rotatable bonds is 5. The van der Waals surface area contributed by atoms with E-state index in [1.807, 2.05) is 0 Å². The maximum absolute atomic E-state index is 12.2. The highest BCUT2D eigenvalue weighted by Crippen LogP contribution is 2.27. The Hall–Kier alpha value is -0.570. The van der Waals surface area contributed by atoms with Gasteiger partial charge in [0.05, 0.1) is 12.8 Å². The van der Waals surface area contributed by atoms with E-state index in [1.165, 1.54) is 6.20 Å². The second-order valence-corrected chi connectivity index (χ2v) is 7.51. The van der Waals surface area contributed by atoms with E-state index in [0.717, 1.165) is 25.7 Å². The van der Waals surface area contributed by atoms with Crippen molar-refractivity contribution < 1.29 is 13.5 Å². The molecule has 1 aromatic heterocycles. The van der Waals surface area contributed by atoms with Gasteiger partial charge < -0.3 is 5.11 Å². The third kappa shape index (κ3) is 3.50. The minimum atomic E-state index is -3.63. The summed E-state index contributed by atoms with van der Waals surface area (Å²) in [5.41, 5.74) is 0.296. The van der Waals surface area contributed by atoms with E-state index in [-0.39, 0.29) is 17.7 Å². The Morgan fingerprint density at radius 3 is 3.05 bits per heavy atom. The summed E-state index contributed by atoms with van der Waals surface area (Å²) in [5.74, 6) is 0. The van der Waals surface area contributed by atoms with Gasteiger partial charge in [-0.1, -0.05) is 6.42 Å². The van der Waals surface area contributed by atoms with Crippen LogP contribution in [0.3, 0.4) is 0 Å². The molecule has 6 nitrogen and oxygen atoms in total. The van der Waals surface area contributed by atoms with Crippen LogP contribution in [0.25, 0.3) is 0 Å². The fraction of sp³-hybridized carbons (Fsp3) is 0.727. The Labute approximate surface area is 117 Å². The number of H-pyrrole nitrogens is 1. The summed E-state index contributed by atoms with van der Waals surface area (Å²) in [5, 5.41) is 15.7. The predicted molar refractivity (Wildman–Crippen MR) is 74.4 cm³/mol. The van der Waals surface area contributed by atoms with Crippen molar-refractivity contribution in [2.24, 2.45) is 0 Å². The monoisotopic (exact) mass is 305 g/mol. The molecule has 0 radical (unpaired) electrons. The number of hydrogen-bond acceptors (Lipinski definition) is 5. The van der Waals surface area contributed by atoms with Crippen LogP contribution in [0.4, 0.5) is 0 Å². The van der Waals surface area contributed by atoms with Gasteiger partial charge in [-0.25, -0.2) is 13.1 Å². The summed E-state index contributed by atoms with van der Waals surface area (Å²) in [6.45, 7) is -0.342. The lowest BCUT2D eigenvalue weighted by molar-refractivity contribution is 0.278. The van der Waals surface area contributed by atoms with E-state index in [4.69, 9.17) is 5.11 Å². The third-order valence-electron chi connectivity index (χ3n) is 3.40. The summed E-state index contributed by atoms with van der Waals surface area (Å²) < 4.78 is 27.2. The average molecular weight is 305 g/mol. The van der Waals surface area contributed by atoms with E-state index in [1.54, 1.807) is 11.8 Å². The molecule has 0 amide bonds. The zero-order valence-corrected chi connectivity index (χ0v) is 12.4. The second kappa shape index (κ2) is 6.25. The molecule has 1 saturated carbocycles. The number of nitrogens with zero attached hydrogens (tertiary/aromatic N) is 1. The lowest BCUT2D eigenvalue weighted by atomic mass is 9.96. The molecule has 19 heavy (non-hydrogen) atoms. The molecule has 1 aliphatic carbocycles. The molecule has 8 heteroatoms. The average Bonchev–Trinajstić information content (AvgIpc) is 2.87. The number of nitrogens with one attached hydrogen (secondary N) is 2. The number of aliphatic hydroxyl groups excluding tert-OH is 1. The molecular weight excluding hydrogens is 286 g/mol. The van der Waals surface area contributed by atoms with E-state index < -0.39 is 10.0 Å². The molecule has 3 N–H and O–H groups in total. The Balaban J connectivity index is 2.09. The van der Waals surface area contributed by atoms with Crippen LogP contribution in [0, 0.1) is 0 Å². The molecule has 0 spiro atoms. The molecule has 1 heterocycles. The van der Waals surface area contributed by atoms with E-state index >= 15 is 0 Å². The van der Waals surface area contributed by atoms with Gasteiger partial charge in [0, 0.05) is 16.9 Å². The maximum atomic E-state index is 12.2. The van der Waals surface area contributed by atoms with Crippen molar-refractivity contribution in [3.8, 4) is 0 Å². The topological polar surface area (TPSA) is 95.1 Å². The first-order valence-electron chi connectivity index (χ1n) is 6.25. The Bertz CT molecular complexity index is 515. The molecule has 108 valence electrons. The highest BCUT2D eigenvalue weighted by Gasteiger charge is 2.28. The van der Waals surface area contributed by atoms with Gasteiger partial charge in [0.25, 0.3) is 10.0 Å². The molecule has 0 saturated heterocycles. The summed E-state index contributed by atoms with van der Waals surface area (Å²) in [4.78, 5) is 0. The number of aromatic amines is 1. The highest BCUT2D eigenvalue weighted by molar-refractivity contribution is 7.99. The Morgan fingerprint density at radius 2 is 2.37 bits per heavy atom. The molecule has 1 aromatic rings. The second-order valence-electron chi connectivity index (χ2n) is 4.73. The number of thioether (sulfide) groups is 1. The summed E-state index contributed by atoms with van der Waals surface area (Å²) in [7, 11) is -3.63. The van der Waals surface area contributed by atoms with Crippen molar-refractivity contribution in [1.82, 2.24) is 14.9 Å². The Kier molecular flexibility index (Phi) is 4.88. The molecule has 2 atom stereocenters. The van der Waals surface area contributed by atoms with Crippen molar-refractivity contribution in [2.75, 3.05) is 6.26 Å². The van der Waals surface area contributed by atoms with Gasteiger partial charge in [-0.05, 0) is 25.5 Å². The van der Waals surface area contributed by atoms with E-state index in [2.05, 4.69) is 21.2 Å². The lowest BCUT2D eigenvalue weighted by Gasteiger charge is -2.28. The zero-order chi connectivity index (χ0) is 13.9. The Morgan fingerprint density at radius 1 is 1.58 bits per heavy atom. The van der Waals surface area contributed by atoms with Crippen LogP contribution in [0.15, 0.2) is 11.2 Å². The van der Waals surface area contributed by atoms with Gasteiger partial charge in [0.15, 0.2) is 5.03 Å².